The molecule has 2 rings (SSSR count). The number of nitrogens with one attached hydrogen (secondary N) is 1. The molecule has 1 aromatic heterocycles. The molecule has 5 nitrogen and oxygen atoms in total. The molecule has 0 saturated carbocycles. The fourth-order valence-corrected chi connectivity index (χ4v) is 2.64. The van der Waals surface area contributed by atoms with Gasteiger partial charge in [0.25, 0.3) is 0 Å². The summed E-state index contributed by atoms with van der Waals surface area (Å²) < 4.78 is 40.3. The van der Waals surface area contributed by atoms with Crippen LogP contribution in [0.15, 0.2) is 36.7 Å². The largest absolute Gasteiger partial charge is 0.416 e. The minimum atomic E-state index is -4.40. The summed E-state index contributed by atoms with van der Waals surface area (Å²) in [5.74, 6) is 0.822. The van der Waals surface area contributed by atoms with Crippen molar-refractivity contribution in [1.29, 1.82) is 0 Å². The van der Waals surface area contributed by atoms with Crippen LogP contribution in [0.5, 0.6) is 0 Å². The first-order chi connectivity index (χ1) is 12.1. The van der Waals surface area contributed by atoms with Crippen LogP contribution in [0.2, 0.25) is 0 Å². The Labute approximate surface area is 150 Å². The molecule has 1 heterocycles. The number of rotatable bonds is 5. The second-order valence-corrected chi connectivity index (χ2v) is 6.62. The van der Waals surface area contributed by atoms with Gasteiger partial charge in [0, 0.05) is 33.0 Å². The maximum Gasteiger partial charge on any atom is 0.416 e. The number of hydrogen-bond acceptors (Lipinski definition) is 2. The van der Waals surface area contributed by atoms with Crippen LogP contribution in [0.1, 0.15) is 36.8 Å². The van der Waals surface area contributed by atoms with Gasteiger partial charge >= 0.3 is 12.2 Å². The molecule has 1 atom stereocenters. The number of hydrogen-bond donors (Lipinski definition) is 1. The maximum atomic E-state index is 12.8. The minimum Gasteiger partial charge on any atom is -0.336 e. The van der Waals surface area contributed by atoms with Gasteiger partial charge in [-0.05, 0) is 23.6 Å². The normalized spacial score (nSPS) is 12.9. The lowest BCUT2D eigenvalue weighted by Gasteiger charge is -2.26. The molecular formula is C18H23F3N4O. The van der Waals surface area contributed by atoms with E-state index in [1.54, 1.807) is 25.5 Å². The average Bonchev–Trinajstić information content (AvgIpc) is 2.97. The molecule has 1 aromatic carbocycles. The molecular weight excluding hydrogens is 345 g/mol. The van der Waals surface area contributed by atoms with Gasteiger partial charge in [-0.2, -0.15) is 13.2 Å². The zero-order valence-electron chi connectivity index (χ0n) is 15.2. The Balaban J connectivity index is 2.08. The lowest BCUT2D eigenvalue weighted by Crippen LogP contribution is -2.41. The van der Waals surface area contributed by atoms with Crippen molar-refractivity contribution in [3.63, 3.8) is 0 Å². The number of aryl methyl sites for hydroxylation is 1. The summed E-state index contributed by atoms with van der Waals surface area (Å²) in [4.78, 5) is 18.1. The smallest absolute Gasteiger partial charge is 0.336 e. The highest BCUT2D eigenvalue weighted by atomic mass is 19.4. The van der Waals surface area contributed by atoms with Gasteiger partial charge in [0.1, 0.15) is 5.82 Å². The number of alkyl halides is 3. The molecule has 2 amide bonds. The van der Waals surface area contributed by atoms with Crippen LogP contribution >= 0.6 is 0 Å². The Morgan fingerprint density at radius 2 is 2.04 bits per heavy atom. The molecule has 8 heteroatoms. The molecule has 1 N–H and O–H groups in total. The summed E-state index contributed by atoms with van der Waals surface area (Å²) >= 11 is 0. The Kier molecular flexibility index (Phi) is 5.94. The van der Waals surface area contributed by atoms with Crippen molar-refractivity contribution in [3.05, 3.63) is 53.6 Å². The van der Waals surface area contributed by atoms with Crippen LogP contribution in [-0.2, 0) is 19.8 Å². The van der Waals surface area contributed by atoms with Gasteiger partial charge in [0.05, 0.1) is 11.6 Å². The van der Waals surface area contributed by atoms with Gasteiger partial charge in [0.2, 0.25) is 0 Å². The first-order valence-corrected chi connectivity index (χ1v) is 8.24. The number of amides is 2. The lowest BCUT2D eigenvalue weighted by molar-refractivity contribution is -0.137. The fraction of sp³-hybridized carbons (Fsp3) is 0.444. The number of carbonyl (C=O) groups excluding carboxylic acids is 1. The van der Waals surface area contributed by atoms with Crippen molar-refractivity contribution in [1.82, 2.24) is 19.8 Å². The molecule has 0 bridgehead atoms. The van der Waals surface area contributed by atoms with Crippen molar-refractivity contribution < 1.29 is 18.0 Å². The Morgan fingerprint density at radius 3 is 2.58 bits per heavy atom. The number of carbonyl (C=O) groups is 1. The van der Waals surface area contributed by atoms with E-state index in [-0.39, 0.29) is 24.5 Å². The van der Waals surface area contributed by atoms with Crippen LogP contribution in [0, 0.1) is 5.92 Å². The number of aromatic nitrogens is 2. The van der Waals surface area contributed by atoms with Crippen molar-refractivity contribution >= 4 is 6.03 Å². The van der Waals surface area contributed by atoms with E-state index in [0.717, 1.165) is 18.0 Å². The van der Waals surface area contributed by atoms with E-state index in [0.29, 0.717) is 5.56 Å². The molecule has 0 fully saturated rings. The van der Waals surface area contributed by atoms with Gasteiger partial charge in [-0.1, -0.05) is 26.0 Å². The SMILES string of the molecule is CC(C)[C@@H](NC(=O)N(C)Cc1cccc(C(F)(F)F)c1)c1nccn1C. The van der Waals surface area contributed by atoms with E-state index >= 15 is 0 Å². The quantitative estimate of drug-likeness (QED) is 0.868. The first-order valence-electron chi connectivity index (χ1n) is 8.24. The van der Waals surface area contributed by atoms with E-state index in [9.17, 15) is 18.0 Å². The van der Waals surface area contributed by atoms with Gasteiger partial charge in [0.15, 0.2) is 0 Å². The van der Waals surface area contributed by atoms with Crippen molar-refractivity contribution in [2.45, 2.75) is 32.6 Å². The average molecular weight is 368 g/mol. The number of imidazole rings is 1. The minimum absolute atomic E-state index is 0.0706. The third-order valence-electron chi connectivity index (χ3n) is 4.10. The lowest BCUT2D eigenvalue weighted by atomic mass is 10.0. The van der Waals surface area contributed by atoms with Gasteiger partial charge in [-0.15, -0.1) is 0 Å². The van der Waals surface area contributed by atoms with Gasteiger partial charge in [-0.25, -0.2) is 9.78 Å². The van der Waals surface area contributed by atoms with Crippen LogP contribution in [0.25, 0.3) is 0 Å². The summed E-state index contributed by atoms with van der Waals surface area (Å²) in [6, 6.07) is 4.31. The molecule has 0 aliphatic heterocycles. The van der Waals surface area contributed by atoms with Crippen molar-refractivity contribution in [3.8, 4) is 0 Å². The predicted octanol–water partition coefficient (Wildman–Crippen LogP) is 3.98. The van der Waals surface area contributed by atoms with Gasteiger partial charge in [-0.3, -0.25) is 0 Å². The summed E-state index contributed by atoms with van der Waals surface area (Å²) in [6.45, 7) is 4.00. The zero-order chi connectivity index (χ0) is 19.5. The first kappa shape index (κ1) is 19.8. The van der Waals surface area contributed by atoms with E-state index in [2.05, 4.69) is 10.3 Å². The van der Waals surface area contributed by atoms with Crippen molar-refractivity contribution in [2.75, 3.05) is 7.05 Å². The number of halogens is 3. The standard InChI is InChI=1S/C18H23F3N4O/c1-12(2)15(16-22-8-9-24(16)3)23-17(26)25(4)11-13-6-5-7-14(10-13)18(19,20)21/h5-10,12,15H,11H2,1-4H3,(H,23,26)/t15-/m1/s1. The fourth-order valence-electron chi connectivity index (χ4n) is 2.64. The van der Waals surface area contributed by atoms with Gasteiger partial charge < -0.3 is 14.8 Å². The summed E-state index contributed by atoms with van der Waals surface area (Å²) in [6.07, 6.45) is -0.954. The Bertz CT molecular complexity index is 755. The molecule has 0 spiro atoms. The number of nitrogens with zero attached hydrogens (tertiary/aromatic N) is 3. The third-order valence-corrected chi connectivity index (χ3v) is 4.10. The molecule has 0 aliphatic rings. The van der Waals surface area contributed by atoms with Crippen molar-refractivity contribution in [2.24, 2.45) is 13.0 Å². The Morgan fingerprint density at radius 1 is 1.35 bits per heavy atom. The zero-order valence-corrected chi connectivity index (χ0v) is 15.2. The molecule has 142 valence electrons. The highest BCUT2D eigenvalue weighted by Gasteiger charge is 2.30. The molecule has 2 aromatic rings. The number of urea groups is 1. The molecule has 0 aliphatic carbocycles. The van der Waals surface area contributed by atoms with E-state index in [1.807, 2.05) is 25.5 Å². The van der Waals surface area contributed by atoms with E-state index in [1.165, 1.54) is 11.0 Å². The van der Waals surface area contributed by atoms with E-state index in [4.69, 9.17) is 0 Å². The second-order valence-electron chi connectivity index (χ2n) is 6.62. The van der Waals surface area contributed by atoms with Crippen LogP contribution in [0.4, 0.5) is 18.0 Å². The topological polar surface area (TPSA) is 50.2 Å². The number of benzene rings is 1. The van der Waals surface area contributed by atoms with E-state index < -0.39 is 11.7 Å². The van der Waals surface area contributed by atoms with Crippen LogP contribution in [-0.4, -0.2) is 27.5 Å². The molecule has 0 radical (unpaired) electrons. The van der Waals surface area contributed by atoms with Crippen LogP contribution in [0.3, 0.4) is 0 Å². The summed E-state index contributed by atoms with van der Waals surface area (Å²) in [7, 11) is 3.39. The maximum absolute atomic E-state index is 12.8. The monoisotopic (exact) mass is 368 g/mol. The highest BCUT2D eigenvalue weighted by Crippen LogP contribution is 2.29. The Hall–Kier alpha value is -2.51. The third kappa shape index (κ3) is 4.77. The highest BCUT2D eigenvalue weighted by molar-refractivity contribution is 5.74. The predicted molar refractivity (Wildman–Crippen MR) is 92.2 cm³/mol. The molecule has 26 heavy (non-hydrogen) atoms. The summed E-state index contributed by atoms with van der Waals surface area (Å²) in [5, 5.41) is 2.91. The second kappa shape index (κ2) is 7.80. The summed E-state index contributed by atoms with van der Waals surface area (Å²) in [5.41, 5.74) is -0.313. The van der Waals surface area contributed by atoms with Crippen LogP contribution < -0.4 is 5.32 Å². The molecule has 0 saturated heterocycles. The molecule has 0 unspecified atom stereocenters.